The van der Waals surface area contributed by atoms with Crippen molar-refractivity contribution in [3.05, 3.63) is 47.9 Å². The Hall–Kier alpha value is -2.23. The third-order valence-corrected chi connectivity index (χ3v) is 2.38. The molecule has 0 aliphatic heterocycles. The van der Waals surface area contributed by atoms with Gasteiger partial charge >= 0.3 is 5.97 Å². The van der Waals surface area contributed by atoms with E-state index in [0.29, 0.717) is 23.1 Å². The van der Waals surface area contributed by atoms with Gasteiger partial charge in [0.2, 0.25) is 0 Å². The number of aromatic nitrogens is 1. The van der Waals surface area contributed by atoms with E-state index in [0.717, 1.165) is 0 Å². The number of esters is 1. The number of carbonyl (C=O) groups excluding carboxylic acids is 1. The van der Waals surface area contributed by atoms with Gasteiger partial charge in [0.1, 0.15) is 11.3 Å². The molecular formula is C14H12FNO2. The molecule has 4 heteroatoms. The summed E-state index contributed by atoms with van der Waals surface area (Å²) in [6, 6.07) is 6.61. The van der Waals surface area contributed by atoms with Crippen LogP contribution in [0.3, 0.4) is 0 Å². The van der Waals surface area contributed by atoms with Gasteiger partial charge in [0.15, 0.2) is 0 Å². The summed E-state index contributed by atoms with van der Waals surface area (Å²) in [6.07, 6.45) is 4.34. The number of hydrogen-bond donors (Lipinski definition) is 0. The van der Waals surface area contributed by atoms with Crippen LogP contribution >= 0.6 is 0 Å². The standard InChI is InChI=1S/C14H12FNO2/c1-2-18-13(17)6-5-10-8-11-4-3-7-16-14(11)12(15)9-10/h3-9H,2H2,1H3/b6-5+. The van der Waals surface area contributed by atoms with Crippen molar-refractivity contribution in [1.82, 2.24) is 4.98 Å². The normalized spacial score (nSPS) is 11.0. The van der Waals surface area contributed by atoms with Crippen LogP contribution in [0, 0.1) is 5.82 Å². The first-order valence-corrected chi connectivity index (χ1v) is 5.60. The maximum Gasteiger partial charge on any atom is 0.330 e. The molecule has 2 aromatic rings. The smallest absolute Gasteiger partial charge is 0.330 e. The Labute approximate surface area is 104 Å². The Morgan fingerprint density at radius 2 is 2.33 bits per heavy atom. The average molecular weight is 245 g/mol. The van der Waals surface area contributed by atoms with Crippen molar-refractivity contribution in [3.8, 4) is 0 Å². The lowest BCUT2D eigenvalue weighted by atomic mass is 10.1. The molecule has 0 saturated carbocycles. The summed E-state index contributed by atoms with van der Waals surface area (Å²) >= 11 is 0. The number of fused-ring (bicyclic) bond motifs is 1. The first kappa shape index (κ1) is 12.2. The van der Waals surface area contributed by atoms with Crippen LogP contribution in [-0.4, -0.2) is 17.6 Å². The summed E-state index contributed by atoms with van der Waals surface area (Å²) < 4.78 is 18.5. The van der Waals surface area contributed by atoms with Crippen LogP contribution in [0.4, 0.5) is 4.39 Å². The Morgan fingerprint density at radius 1 is 1.50 bits per heavy atom. The maximum atomic E-state index is 13.7. The predicted octanol–water partition coefficient (Wildman–Crippen LogP) is 2.95. The van der Waals surface area contributed by atoms with Crippen LogP contribution in [0.2, 0.25) is 0 Å². The van der Waals surface area contributed by atoms with Gasteiger partial charge in [0, 0.05) is 17.7 Å². The van der Waals surface area contributed by atoms with E-state index in [-0.39, 0.29) is 0 Å². The van der Waals surface area contributed by atoms with Crippen LogP contribution in [0.25, 0.3) is 17.0 Å². The van der Waals surface area contributed by atoms with Crippen molar-refractivity contribution in [2.75, 3.05) is 6.61 Å². The highest BCUT2D eigenvalue weighted by molar-refractivity contribution is 5.88. The van der Waals surface area contributed by atoms with Gasteiger partial charge in [-0.1, -0.05) is 6.07 Å². The van der Waals surface area contributed by atoms with Gasteiger partial charge < -0.3 is 4.74 Å². The van der Waals surface area contributed by atoms with E-state index in [1.807, 2.05) is 0 Å². The van der Waals surface area contributed by atoms with E-state index in [1.165, 1.54) is 18.2 Å². The van der Waals surface area contributed by atoms with Crippen molar-refractivity contribution in [1.29, 1.82) is 0 Å². The van der Waals surface area contributed by atoms with Crippen LogP contribution in [0.1, 0.15) is 12.5 Å². The number of benzene rings is 1. The van der Waals surface area contributed by atoms with Crippen LogP contribution < -0.4 is 0 Å². The quantitative estimate of drug-likeness (QED) is 0.616. The van der Waals surface area contributed by atoms with Crippen molar-refractivity contribution in [2.45, 2.75) is 6.92 Å². The van der Waals surface area contributed by atoms with Gasteiger partial charge in [0.25, 0.3) is 0 Å². The number of pyridine rings is 1. The third-order valence-electron chi connectivity index (χ3n) is 2.38. The number of carbonyl (C=O) groups is 1. The van der Waals surface area contributed by atoms with Crippen LogP contribution in [0.15, 0.2) is 36.5 Å². The summed E-state index contributed by atoms with van der Waals surface area (Å²) in [5.74, 6) is -0.846. The van der Waals surface area contributed by atoms with Gasteiger partial charge in [-0.05, 0) is 36.8 Å². The molecule has 0 bridgehead atoms. The Balaban J connectivity index is 2.32. The minimum atomic E-state index is -0.441. The molecule has 0 aliphatic rings. The zero-order valence-electron chi connectivity index (χ0n) is 9.89. The van der Waals surface area contributed by atoms with Crippen molar-refractivity contribution in [3.63, 3.8) is 0 Å². The predicted molar refractivity (Wildman–Crippen MR) is 67.4 cm³/mol. The highest BCUT2D eigenvalue weighted by Crippen LogP contribution is 2.18. The summed E-state index contributed by atoms with van der Waals surface area (Å²) in [4.78, 5) is 15.1. The van der Waals surface area contributed by atoms with Crippen molar-refractivity contribution in [2.24, 2.45) is 0 Å². The summed E-state index contributed by atoms with van der Waals surface area (Å²) in [5, 5.41) is 0.695. The molecule has 2 rings (SSSR count). The number of halogens is 1. The average Bonchev–Trinajstić information content (AvgIpc) is 2.37. The number of rotatable bonds is 3. The molecule has 1 aromatic carbocycles. The van der Waals surface area contributed by atoms with Gasteiger partial charge in [-0.25, -0.2) is 9.18 Å². The van der Waals surface area contributed by atoms with Gasteiger partial charge in [-0.15, -0.1) is 0 Å². The highest BCUT2D eigenvalue weighted by Gasteiger charge is 2.03. The van der Waals surface area contributed by atoms with Crippen molar-refractivity contribution < 1.29 is 13.9 Å². The first-order valence-electron chi connectivity index (χ1n) is 5.60. The largest absolute Gasteiger partial charge is 0.463 e. The Bertz CT molecular complexity index is 608. The summed E-state index contributed by atoms with van der Waals surface area (Å²) in [5.41, 5.74) is 0.923. The van der Waals surface area contributed by atoms with Gasteiger partial charge in [-0.3, -0.25) is 4.98 Å². The Kier molecular flexibility index (Phi) is 3.67. The fourth-order valence-electron chi connectivity index (χ4n) is 1.62. The summed E-state index contributed by atoms with van der Waals surface area (Å²) in [7, 11) is 0. The Morgan fingerprint density at radius 3 is 3.11 bits per heavy atom. The molecule has 0 spiro atoms. The molecule has 0 fully saturated rings. The number of hydrogen-bond acceptors (Lipinski definition) is 3. The number of ether oxygens (including phenoxy) is 1. The molecule has 18 heavy (non-hydrogen) atoms. The SMILES string of the molecule is CCOC(=O)/C=C/c1cc(F)c2ncccc2c1. The van der Waals surface area contributed by atoms with E-state index < -0.39 is 11.8 Å². The lowest BCUT2D eigenvalue weighted by Gasteiger charge is -2.00. The molecule has 0 aliphatic carbocycles. The summed E-state index contributed by atoms with van der Waals surface area (Å²) in [6.45, 7) is 2.05. The molecule has 0 atom stereocenters. The number of nitrogens with zero attached hydrogens (tertiary/aromatic N) is 1. The molecule has 3 nitrogen and oxygen atoms in total. The molecule has 0 saturated heterocycles. The lowest BCUT2D eigenvalue weighted by molar-refractivity contribution is -0.137. The molecule has 1 heterocycles. The minimum Gasteiger partial charge on any atom is -0.463 e. The van der Waals surface area contributed by atoms with E-state index in [1.54, 1.807) is 31.3 Å². The van der Waals surface area contributed by atoms with Crippen LogP contribution in [0.5, 0.6) is 0 Å². The fourth-order valence-corrected chi connectivity index (χ4v) is 1.62. The van der Waals surface area contributed by atoms with Gasteiger partial charge in [-0.2, -0.15) is 0 Å². The molecule has 0 radical (unpaired) electrons. The third kappa shape index (κ3) is 2.71. The molecule has 0 unspecified atom stereocenters. The molecule has 0 amide bonds. The second kappa shape index (κ2) is 5.40. The topological polar surface area (TPSA) is 39.2 Å². The molecule has 92 valence electrons. The molecular weight excluding hydrogens is 233 g/mol. The van der Waals surface area contributed by atoms with E-state index >= 15 is 0 Å². The van der Waals surface area contributed by atoms with Crippen molar-refractivity contribution >= 4 is 22.9 Å². The monoisotopic (exact) mass is 245 g/mol. The highest BCUT2D eigenvalue weighted by atomic mass is 19.1. The van der Waals surface area contributed by atoms with E-state index in [2.05, 4.69) is 4.98 Å². The zero-order valence-corrected chi connectivity index (χ0v) is 9.89. The molecule has 0 N–H and O–H groups in total. The second-order valence-electron chi connectivity index (χ2n) is 3.66. The fraction of sp³-hybridized carbons (Fsp3) is 0.143. The van der Waals surface area contributed by atoms with Gasteiger partial charge in [0.05, 0.1) is 6.61 Å². The van der Waals surface area contributed by atoms with E-state index in [4.69, 9.17) is 4.74 Å². The van der Waals surface area contributed by atoms with E-state index in [9.17, 15) is 9.18 Å². The second-order valence-corrected chi connectivity index (χ2v) is 3.66. The van der Waals surface area contributed by atoms with Crippen LogP contribution in [-0.2, 0) is 9.53 Å². The molecule has 1 aromatic heterocycles. The zero-order chi connectivity index (χ0) is 13.0. The lowest BCUT2D eigenvalue weighted by Crippen LogP contribution is -1.98. The first-order chi connectivity index (χ1) is 8.70. The minimum absolute atomic E-state index is 0.319. The maximum absolute atomic E-state index is 13.7.